The monoisotopic (exact) mass is 484 g/mol. The van der Waals surface area contributed by atoms with Gasteiger partial charge in [0.15, 0.2) is 10.9 Å². The second-order valence-corrected chi connectivity index (χ2v) is 10.1. The minimum absolute atomic E-state index is 0.0233. The predicted molar refractivity (Wildman–Crippen MR) is 128 cm³/mol. The Kier molecular flexibility index (Phi) is 6.96. The van der Waals surface area contributed by atoms with Crippen molar-refractivity contribution >= 4 is 39.1 Å². The lowest BCUT2D eigenvalue weighted by atomic mass is 9.96. The smallest absolute Gasteiger partial charge is 0.238 e. The zero-order chi connectivity index (χ0) is 23.4. The first-order chi connectivity index (χ1) is 15.8. The van der Waals surface area contributed by atoms with Crippen molar-refractivity contribution in [1.29, 1.82) is 0 Å². The average molecular weight is 485 g/mol. The average Bonchev–Trinajstić information content (AvgIpc) is 2.82. The largest absolute Gasteiger partial charge is 0.497 e. The normalized spacial score (nSPS) is 13.3. The van der Waals surface area contributed by atoms with Crippen molar-refractivity contribution in [1.82, 2.24) is 9.97 Å². The number of carbonyl (C=O) groups is 1. The Balaban J connectivity index is 1.56. The Morgan fingerprint density at radius 2 is 1.88 bits per heavy atom. The van der Waals surface area contributed by atoms with Crippen LogP contribution in [0.25, 0.3) is 0 Å². The number of anilines is 2. The third kappa shape index (κ3) is 5.70. The molecule has 0 saturated carbocycles. The first-order valence-corrected chi connectivity index (χ1v) is 13.0. The fourth-order valence-corrected chi connectivity index (χ4v) is 4.93. The van der Waals surface area contributed by atoms with E-state index in [1.807, 2.05) is 0 Å². The summed E-state index contributed by atoms with van der Waals surface area (Å²) in [6, 6.07) is 13.3. The SMILES string of the molecule is COc1ccc(C(=O)CSc2nc3c(c(Nc4cccc(S(N)(=O)=O)c4)n2)CCCC3)cc1. The molecular formula is C23H24N4O4S2. The van der Waals surface area contributed by atoms with Gasteiger partial charge in [-0.2, -0.15) is 0 Å². The van der Waals surface area contributed by atoms with E-state index in [0.717, 1.165) is 36.9 Å². The maximum absolute atomic E-state index is 12.6. The lowest BCUT2D eigenvalue weighted by Crippen LogP contribution is -2.14. The van der Waals surface area contributed by atoms with Gasteiger partial charge in [-0.1, -0.05) is 17.8 Å². The Morgan fingerprint density at radius 3 is 2.61 bits per heavy atom. The molecule has 0 amide bonds. The van der Waals surface area contributed by atoms with Crippen molar-refractivity contribution in [2.24, 2.45) is 5.14 Å². The highest BCUT2D eigenvalue weighted by Crippen LogP contribution is 2.31. The van der Waals surface area contributed by atoms with Gasteiger partial charge >= 0.3 is 0 Å². The molecule has 1 aromatic heterocycles. The quantitative estimate of drug-likeness (QED) is 0.282. The lowest BCUT2D eigenvalue weighted by molar-refractivity contribution is 0.102. The van der Waals surface area contributed by atoms with Crippen LogP contribution in [0.5, 0.6) is 5.75 Å². The highest BCUT2D eigenvalue weighted by Gasteiger charge is 2.19. The number of hydrogen-bond acceptors (Lipinski definition) is 8. The van der Waals surface area contributed by atoms with Crippen LogP contribution >= 0.6 is 11.8 Å². The van der Waals surface area contributed by atoms with Crippen LogP contribution in [-0.2, 0) is 22.9 Å². The minimum atomic E-state index is -3.81. The number of ketones is 1. The molecule has 3 aromatic rings. The number of nitrogens with zero attached hydrogens (tertiary/aromatic N) is 2. The Bertz CT molecular complexity index is 1280. The predicted octanol–water partition coefficient (Wildman–Crippen LogP) is 3.73. The number of Topliss-reactive ketones (excluding diaryl/α,β-unsaturated/α-hetero) is 1. The van der Waals surface area contributed by atoms with Gasteiger partial charge in [0.2, 0.25) is 10.0 Å². The van der Waals surface area contributed by atoms with Gasteiger partial charge in [-0.15, -0.1) is 0 Å². The van der Waals surface area contributed by atoms with Gasteiger partial charge < -0.3 is 10.1 Å². The van der Waals surface area contributed by atoms with Crippen LogP contribution in [0.3, 0.4) is 0 Å². The molecule has 0 spiro atoms. The molecule has 0 saturated heterocycles. The Hall–Kier alpha value is -2.95. The number of hydrogen-bond donors (Lipinski definition) is 2. The van der Waals surface area contributed by atoms with Crippen molar-refractivity contribution in [3.05, 3.63) is 65.4 Å². The van der Waals surface area contributed by atoms with E-state index in [2.05, 4.69) is 15.3 Å². The third-order valence-corrected chi connectivity index (χ3v) is 7.09. The van der Waals surface area contributed by atoms with Crippen LogP contribution in [0.15, 0.2) is 58.6 Å². The molecule has 3 N–H and O–H groups in total. The molecule has 10 heteroatoms. The van der Waals surface area contributed by atoms with E-state index in [1.54, 1.807) is 43.5 Å². The summed E-state index contributed by atoms with van der Waals surface area (Å²) in [5, 5.41) is 9.00. The number of benzene rings is 2. The van der Waals surface area contributed by atoms with E-state index in [4.69, 9.17) is 9.88 Å². The maximum Gasteiger partial charge on any atom is 0.238 e. The second-order valence-electron chi connectivity index (χ2n) is 7.63. The van der Waals surface area contributed by atoms with Gasteiger partial charge in [0.25, 0.3) is 0 Å². The molecule has 0 unspecified atom stereocenters. The molecule has 0 bridgehead atoms. The molecule has 0 fully saturated rings. The minimum Gasteiger partial charge on any atom is -0.497 e. The van der Waals surface area contributed by atoms with Crippen LogP contribution in [-0.4, -0.2) is 37.0 Å². The summed E-state index contributed by atoms with van der Waals surface area (Å²) in [4.78, 5) is 22.0. The highest BCUT2D eigenvalue weighted by molar-refractivity contribution is 7.99. The van der Waals surface area contributed by atoms with Gasteiger partial charge in [0.1, 0.15) is 11.6 Å². The standard InChI is InChI=1S/C23H24N4O4S2/c1-31-17-11-9-15(10-12-17)21(28)14-32-23-26-20-8-3-2-7-19(20)22(27-23)25-16-5-4-6-18(13-16)33(24,29)30/h4-6,9-13H,2-3,7-8,14H2,1H3,(H2,24,29,30)(H,25,26,27). The number of nitrogens with two attached hydrogens (primary N) is 1. The van der Waals surface area contributed by atoms with E-state index >= 15 is 0 Å². The maximum atomic E-state index is 12.6. The first kappa shape index (κ1) is 23.2. The third-order valence-electron chi connectivity index (χ3n) is 5.33. The van der Waals surface area contributed by atoms with Crippen LogP contribution in [0.4, 0.5) is 11.5 Å². The molecule has 8 nitrogen and oxygen atoms in total. The van der Waals surface area contributed by atoms with Gasteiger partial charge in [0.05, 0.1) is 23.5 Å². The Labute approximate surface area is 197 Å². The molecule has 172 valence electrons. The Morgan fingerprint density at radius 1 is 1.12 bits per heavy atom. The molecule has 4 rings (SSSR count). The number of sulfonamides is 1. The molecule has 1 aliphatic rings. The number of rotatable bonds is 8. The topological polar surface area (TPSA) is 124 Å². The van der Waals surface area contributed by atoms with Crippen LogP contribution in [0.1, 0.15) is 34.5 Å². The number of fused-ring (bicyclic) bond motifs is 1. The van der Waals surface area contributed by atoms with Crippen molar-refractivity contribution in [3.63, 3.8) is 0 Å². The van der Waals surface area contributed by atoms with E-state index < -0.39 is 10.0 Å². The number of ether oxygens (including phenoxy) is 1. The summed E-state index contributed by atoms with van der Waals surface area (Å²) >= 11 is 1.28. The summed E-state index contributed by atoms with van der Waals surface area (Å²) in [7, 11) is -2.23. The van der Waals surface area contributed by atoms with Gasteiger partial charge in [-0.3, -0.25) is 4.79 Å². The van der Waals surface area contributed by atoms with Gasteiger partial charge in [-0.25, -0.2) is 23.5 Å². The number of nitrogens with one attached hydrogen (secondary N) is 1. The van der Waals surface area contributed by atoms with Crippen molar-refractivity contribution < 1.29 is 17.9 Å². The zero-order valence-electron chi connectivity index (χ0n) is 18.1. The van der Waals surface area contributed by atoms with E-state index in [1.165, 1.54) is 23.9 Å². The van der Waals surface area contributed by atoms with E-state index in [0.29, 0.717) is 28.0 Å². The van der Waals surface area contributed by atoms with E-state index in [-0.39, 0.29) is 16.4 Å². The molecule has 1 aliphatic carbocycles. The molecule has 0 aliphatic heterocycles. The van der Waals surface area contributed by atoms with Gasteiger partial charge in [-0.05, 0) is 68.1 Å². The summed E-state index contributed by atoms with van der Waals surface area (Å²) in [6.45, 7) is 0. The zero-order valence-corrected chi connectivity index (χ0v) is 19.7. The number of methoxy groups -OCH3 is 1. The van der Waals surface area contributed by atoms with Gasteiger partial charge in [0, 0.05) is 16.8 Å². The van der Waals surface area contributed by atoms with Crippen LogP contribution < -0.4 is 15.2 Å². The van der Waals surface area contributed by atoms with Crippen LogP contribution in [0.2, 0.25) is 0 Å². The summed E-state index contributed by atoms with van der Waals surface area (Å²) < 4.78 is 28.6. The van der Waals surface area contributed by atoms with Crippen molar-refractivity contribution in [2.75, 3.05) is 18.2 Å². The molecular weight excluding hydrogens is 460 g/mol. The van der Waals surface area contributed by atoms with Crippen molar-refractivity contribution in [3.8, 4) is 5.75 Å². The van der Waals surface area contributed by atoms with Crippen molar-refractivity contribution in [2.45, 2.75) is 35.7 Å². The fraction of sp³-hybridized carbons (Fsp3) is 0.261. The lowest BCUT2D eigenvalue weighted by Gasteiger charge is -2.20. The van der Waals surface area contributed by atoms with Crippen LogP contribution in [0, 0.1) is 0 Å². The molecule has 33 heavy (non-hydrogen) atoms. The summed E-state index contributed by atoms with van der Waals surface area (Å²) in [5.41, 5.74) is 3.14. The number of aryl methyl sites for hydroxylation is 1. The molecule has 0 radical (unpaired) electrons. The number of carbonyl (C=O) groups excluding carboxylic acids is 1. The fourth-order valence-electron chi connectivity index (χ4n) is 3.62. The second kappa shape index (κ2) is 9.90. The highest BCUT2D eigenvalue weighted by atomic mass is 32.2. The molecule has 1 heterocycles. The van der Waals surface area contributed by atoms with E-state index in [9.17, 15) is 13.2 Å². The molecule has 2 aromatic carbocycles. The summed E-state index contributed by atoms with van der Waals surface area (Å²) in [6.07, 6.45) is 3.75. The number of aromatic nitrogens is 2. The number of thioether (sulfide) groups is 1. The first-order valence-electron chi connectivity index (χ1n) is 10.4. The summed E-state index contributed by atoms with van der Waals surface area (Å²) in [5.74, 6) is 1.50. The molecule has 0 atom stereocenters. The number of primary sulfonamides is 1.